The predicted octanol–water partition coefficient (Wildman–Crippen LogP) is -0.794. The van der Waals surface area contributed by atoms with Crippen LogP contribution in [0.1, 0.15) is 6.42 Å². The lowest BCUT2D eigenvalue weighted by molar-refractivity contribution is -0.185. The fourth-order valence-corrected chi connectivity index (χ4v) is 1.37. The van der Waals surface area contributed by atoms with Crippen LogP contribution in [0.5, 0.6) is 0 Å². The molecule has 0 aromatic carbocycles. The summed E-state index contributed by atoms with van der Waals surface area (Å²) in [5.74, 6) is -0.531. The van der Waals surface area contributed by atoms with E-state index < -0.39 is 20.2 Å². The van der Waals surface area contributed by atoms with Gasteiger partial charge in [-0.1, -0.05) is 0 Å². The summed E-state index contributed by atoms with van der Waals surface area (Å²) in [5.41, 5.74) is 0. The first-order chi connectivity index (χ1) is 6.02. The van der Waals surface area contributed by atoms with Crippen molar-refractivity contribution in [3.05, 3.63) is 0 Å². The van der Waals surface area contributed by atoms with E-state index in [4.69, 9.17) is 10.00 Å². The van der Waals surface area contributed by atoms with Crippen LogP contribution in [0.15, 0.2) is 0 Å². The minimum atomic E-state index is -3.83. The van der Waals surface area contributed by atoms with Gasteiger partial charge in [-0.05, 0) is 0 Å². The molecule has 78 valence electrons. The highest BCUT2D eigenvalue weighted by molar-refractivity contribution is 7.52. The molecule has 0 fully saturated rings. The largest absolute Gasteiger partial charge is 0.377 e. The van der Waals surface area contributed by atoms with E-state index >= 15 is 0 Å². The van der Waals surface area contributed by atoms with E-state index in [0.29, 0.717) is 0 Å². The lowest BCUT2D eigenvalue weighted by Crippen LogP contribution is -2.24. The molecule has 0 radical (unpaired) electrons. The van der Waals surface area contributed by atoms with Crippen LogP contribution in [0, 0.1) is 0 Å². The molecule has 3 N–H and O–H groups in total. The van der Waals surface area contributed by atoms with Gasteiger partial charge in [-0.3, -0.25) is 9.36 Å². The first-order valence-corrected chi connectivity index (χ1v) is 5.20. The van der Waals surface area contributed by atoms with Crippen molar-refractivity contribution in [2.75, 3.05) is 20.0 Å². The summed E-state index contributed by atoms with van der Waals surface area (Å²) in [6, 6.07) is 0. The van der Waals surface area contributed by atoms with Gasteiger partial charge in [0.2, 0.25) is 5.91 Å². The van der Waals surface area contributed by atoms with Crippen LogP contribution in [-0.4, -0.2) is 35.9 Å². The van der Waals surface area contributed by atoms with Gasteiger partial charge < -0.3 is 15.3 Å². The topological polar surface area (TPSA) is 105 Å². The third kappa shape index (κ3) is 6.68. The van der Waals surface area contributed by atoms with Gasteiger partial charge in [-0.2, -0.15) is 0 Å². The molecule has 0 rings (SSSR count). The standard InChI is InChI=1S/C5H12NO6P/c1-11-12-13(9,10)3-2-5(8)6-4-7/h7H,2-4H2,1H3,(H,6,8)(H,9,10). The van der Waals surface area contributed by atoms with Crippen LogP contribution in [0.25, 0.3) is 0 Å². The number of aliphatic hydroxyl groups excluding tert-OH is 1. The second-order valence-electron chi connectivity index (χ2n) is 2.11. The second-order valence-corrected chi connectivity index (χ2v) is 3.98. The molecule has 0 bridgehead atoms. The molecule has 8 heteroatoms. The first kappa shape index (κ1) is 12.5. The zero-order valence-corrected chi connectivity index (χ0v) is 7.99. The van der Waals surface area contributed by atoms with Gasteiger partial charge in [0.15, 0.2) is 0 Å². The first-order valence-electron chi connectivity index (χ1n) is 3.43. The van der Waals surface area contributed by atoms with Gasteiger partial charge in [-0.15, -0.1) is 4.67 Å². The molecule has 0 heterocycles. The molecular formula is C5H12NO6P. The summed E-state index contributed by atoms with van der Waals surface area (Å²) in [6.07, 6.45) is -0.565. The molecule has 0 spiro atoms. The third-order valence-electron chi connectivity index (χ3n) is 1.09. The van der Waals surface area contributed by atoms with Crippen LogP contribution >= 0.6 is 7.60 Å². The Hall–Kier alpha value is -0.460. The molecule has 1 amide bonds. The summed E-state index contributed by atoms with van der Waals surface area (Å²) in [7, 11) is -2.74. The van der Waals surface area contributed by atoms with Crippen molar-refractivity contribution in [3.63, 3.8) is 0 Å². The Bertz CT molecular complexity index is 207. The predicted molar refractivity (Wildman–Crippen MR) is 42.6 cm³/mol. The Balaban J connectivity index is 3.74. The Labute approximate surface area is 75.1 Å². The van der Waals surface area contributed by atoms with Gasteiger partial charge in [0.1, 0.15) is 6.73 Å². The summed E-state index contributed by atoms with van der Waals surface area (Å²) >= 11 is 0. The van der Waals surface area contributed by atoms with E-state index in [9.17, 15) is 9.36 Å². The molecule has 0 aliphatic rings. The summed E-state index contributed by atoms with van der Waals surface area (Å²) < 4.78 is 14.9. The van der Waals surface area contributed by atoms with E-state index in [1.807, 2.05) is 5.32 Å². The number of hydrogen-bond donors (Lipinski definition) is 3. The number of carbonyl (C=O) groups is 1. The molecule has 0 aliphatic heterocycles. The lowest BCUT2D eigenvalue weighted by atomic mass is 10.5. The molecular weight excluding hydrogens is 201 g/mol. The molecule has 0 saturated heterocycles. The van der Waals surface area contributed by atoms with Crippen molar-refractivity contribution in [2.24, 2.45) is 0 Å². The summed E-state index contributed by atoms with van der Waals surface area (Å²) in [5, 5.41) is 10.3. The smallest absolute Gasteiger partial charge is 0.356 e. The zero-order chi connectivity index (χ0) is 10.3. The maximum absolute atomic E-state index is 10.9. The highest BCUT2D eigenvalue weighted by Gasteiger charge is 2.21. The number of aliphatic hydroxyl groups is 1. The van der Waals surface area contributed by atoms with Crippen LogP contribution in [-0.2, 0) is 18.9 Å². The van der Waals surface area contributed by atoms with Crippen molar-refractivity contribution in [2.45, 2.75) is 6.42 Å². The average Bonchev–Trinajstić information content (AvgIpc) is 2.02. The van der Waals surface area contributed by atoms with Crippen molar-refractivity contribution in [3.8, 4) is 0 Å². The highest BCUT2D eigenvalue weighted by atomic mass is 31.2. The lowest BCUT2D eigenvalue weighted by Gasteiger charge is -2.08. The molecule has 1 unspecified atom stereocenters. The Kier molecular flexibility index (Phi) is 5.85. The highest BCUT2D eigenvalue weighted by Crippen LogP contribution is 2.42. The molecule has 1 atom stereocenters. The van der Waals surface area contributed by atoms with E-state index in [1.165, 1.54) is 0 Å². The average molecular weight is 213 g/mol. The van der Waals surface area contributed by atoms with E-state index in [-0.39, 0.29) is 12.6 Å². The van der Waals surface area contributed by atoms with Gasteiger partial charge in [0.25, 0.3) is 0 Å². The molecule has 13 heavy (non-hydrogen) atoms. The van der Waals surface area contributed by atoms with Gasteiger partial charge in [0.05, 0.1) is 13.3 Å². The fraction of sp³-hybridized carbons (Fsp3) is 0.800. The zero-order valence-electron chi connectivity index (χ0n) is 7.10. The van der Waals surface area contributed by atoms with Crippen LogP contribution in [0.4, 0.5) is 0 Å². The van der Waals surface area contributed by atoms with Crippen LogP contribution < -0.4 is 5.32 Å². The molecule has 0 aromatic rings. The fourth-order valence-electron chi connectivity index (χ4n) is 0.573. The molecule has 7 nitrogen and oxygen atoms in total. The Morgan fingerprint density at radius 1 is 1.62 bits per heavy atom. The Morgan fingerprint density at radius 3 is 2.69 bits per heavy atom. The Morgan fingerprint density at radius 2 is 2.23 bits per heavy atom. The van der Waals surface area contributed by atoms with Crippen molar-refractivity contribution >= 4 is 13.5 Å². The van der Waals surface area contributed by atoms with E-state index in [0.717, 1.165) is 7.11 Å². The van der Waals surface area contributed by atoms with Crippen LogP contribution in [0.2, 0.25) is 0 Å². The van der Waals surface area contributed by atoms with Crippen molar-refractivity contribution in [1.29, 1.82) is 0 Å². The quantitative estimate of drug-likeness (QED) is 0.231. The number of nitrogens with one attached hydrogen (secondary N) is 1. The van der Waals surface area contributed by atoms with E-state index in [1.54, 1.807) is 0 Å². The second kappa shape index (κ2) is 6.06. The number of amides is 1. The normalized spacial score (nSPS) is 15.0. The van der Waals surface area contributed by atoms with Gasteiger partial charge >= 0.3 is 7.60 Å². The van der Waals surface area contributed by atoms with Crippen LogP contribution in [0.3, 0.4) is 0 Å². The maximum Gasteiger partial charge on any atom is 0.356 e. The molecule has 0 aromatic heterocycles. The maximum atomic E-state index is 10.9. The number of rotatable bonds is 6. The SMILES string of the molecule is COOP(=O)(O)CCC(=O)NCO. The molecule has 0 saturated carbocycles. The summed E-state index contributed by atoms with van der Waals surface area (Å²) in [6.45, 7) is -0.500. The van der Waals surface area contributed by atoms with E-state index in [2.05, 4.69) is 9.56 Å². The molecule has 0 aliphatic carbocycles. The van der Waals surface area contributed by atoms with Gasteiger partial charge in [0, 0.05) is 6.42 Å². The van der Waals surface area contributed by atoms with Crippen molar-refractivity contribution in [1.82, 2.24) is 5.32 Å². The minimum absolute atomic E-state index is 0.211. The number of carbonyl (C=O) groups excluding carboxylic acids is 1. The minimum Gasteiger partial charge on any atom is -0.377 e. The van der Waals surface area contributed by atoms with Crippen molar-refractivity contribution < 1.29 is 28.9 Å². The summed E-state index contributed by atoms with van der Waals surface area (Å²) in [4.78, 5) is 23.6. The monoisotopic (exact) mass is 213 g/mol. The number of hydrogen-bond acceptors (Lipinski definition) is 5. The third-order valence-corrected chi connectivity index (χ3v) is 2.26. The van der Waals surface area contributed by atoms with Gasteiger partial charge in [-0.25, -0.2) is 4.89 Å².